The quantitative estimate of drug-likeness (QED) is 0.702. The smallest absolute Gasteiger partial charge is 0.254 e. The summed E-state index contributed by atoms with van der Waals surface area (Å²) in [4.78, 5) is 14.1. The van der Waals surface area contributed by atoms with Crippen LogP contribution in [0.15, 0.2) is 47.1 Å². The first-order valence-corrected chi connectivity index (χ1v) is 5.76. The molecule has 0 saturated carbocycles. The van der Waals surface area contributed by atoms with Crippen LogP contribution >= 0.6 is 0 Å². The molecule has 0 N–H and O–H groups in total. The van der Waals surface area contributed by atoms with Crippen molar-refractivity contribution in [3.63, 3.8) is 0 Å². The fraction of sp³-hybridized carbons (Fsp3) is 0.214. The molecular weight excluding hydrogens is 214 g/mol. The minimum Gasteiger partial charge on any atom is -0.464 e. The lowest BCUT2D eigenvalue weighted by Crippen LogP contribution is -2.33. The highest BCUT2D eigenvalue weighted by molar-refractivity contribution is 5.97. The Balaban J connectivity index is 1.91. The summed E-state index contributed by atoms with van der Waals surface area (Å²) >= 11 is 0. The molecule has 3 heteroatoms. The van der Waals surface area contributed by atoms with Crippen LogP contribution in [-0.4, -0.2) is 23.9 Å². The number of rotatable bonds is 1. The second-order valence-electron chi connectivity index (χ2n) is 4.18. The van der Waals surface area contributed by atoms with Gasteiger partial charge in [0.15, 0.2) is 0 Å². The summed E-state index contributed by atoms with van der Waals surface area (Å²) in [5.74, 6) is 0.0949. The summed E-state index contributed by atoms with van der Waals surface area (Å²) in [5, 5.41) is 0.975. The molecule has 0 fully saturated rings. The van der Waals surface area contributed by atoms with E-state index >= 15 is 0 Å². The summed E-state index contributed by atoms with van der Waals surface area (Å²) in [6.07, 6.45) is 6.74. The first kappa shape index (κ1) is 10.1. The molecular formula is C14H13NO2. The molecule has 3 rings (SSSR count). The maximum atomic E-state index is 12.2. The van der Waals surface area contributed by atoms with Crippen LogP contribution < -0.4 is 0 Å². The van der Waals surface area contributed by atoms with Gasteiger partial charge in [0.2, 0.25) is 0 Å². The minimum atomic E-state index is 0.0949. The third-order valence-electron chi connectivity index (χ3n) is 3.04. The Morgan fingerprint density at radius 3 is 3.00 bits per heavy atom. The van der Waals surface area contributed by atoms with Crippen molar-refractivity contribution in [2.45, 2.75) is 6.42 Å². The van der Waals surface area contributed by atoms with Gasteiger partial charge in [-0.25, -0.2) is 0 Å². The SMILES string of the molecule is O=C(c1ccc2occc2c1)N1CC=CCC1. The summed E-state index contributed by atoms with van der Waals surface area (Å²) in [7, 11) is 0. The van der Waals surface area contributed by atoms with E-state index in [4.69, 9.17) is 4.42 Å². The Morgan fingerprint density at radius 2 is 2.18 bits per heavy atom. The zero-order chi connectivity index (χ0) is 11.7. The van der Waals surface area contributed by atoms with Crippen molar-refractivity contribution in [1.82, 2.24) is 4.90 Å². The van der Waals surface area contributed by atoms with Crippen LogP contribution in [0.25, 0.3) is 11.0 Å². The van der Waals surface area contributed by atoms with Gasteiger partial charge in [-0.05, 0) is 30.7 Å². The summed E-state index contributed by atoms with van der Waals surface area (Å²) in [5.41, 5.74) is 1.55. The molecule has 1 amide bonds. The molecule has 2 heterocycles. The van der Waals surface area contributed by atoms with Crippen molar-refractivity contribution in [2.24, 2.45) is 0 Å². The largest absolute Gasteiger partial charge is 0.464 e. The molecule has 0 unspecified atom stereocenters. The maximum Gasteiger partial charge on any atom is 0.254 e. The fourth-order valence-electron chi connectivity index (χ4n) is 2.11. The predicted molar refractivity (Wildman–Crippen MR) is 65.9 cm³/mol. The molecule has 86 valence electrons. The van der Waals surface area contributed by atoms with Crippen LogP contribution in [0.4, 0.5) is 0 Å². The lowest BCUT2D eigenvalue weighted by atomic mass is 10.1. The van der Waals surface area contributed by atoms with Gasteiger partial charge in [-0.1, -0.05) is 12.2 Å². The molecule has 0 radical (unpaired) electrons. The van der Waals surface area contributed by atoms with Gasteiger partial charge in [0.05, 0.1) is 6.26 Å². The number of benzene rings is 1. The molecule has 0 saturated heterocycles. The summed E-state index contributed by atoms with van der Waals surface area (Å²) < 4.78 is 5.26. The Morgan fingerprint density at radius 1 is 1.24 bits per heavy atom. The average molecular weight is 227 g/mol. The molecule has 1 aromatic carbocycles. The van der Waals surface area contributed by atoms with Gasteiger partial charge < -0.3 is 9.32 Å². The second-order valence-corrected chi connectivity index (χ2v) is 4.18. The van der Waals surface area contributed by atoms with Crippen molar-refractivity contribution in [1.29, 1.82) is 0 Å². The lowest BCUT2D eigenvalue weighted by molar-refractivity contribution is 0.0771. The van der Waals surface area contributed by atoms with Gasteiger partial charge in [0, 0.05) is 24.0 Å². The normalized spacial score (nSPS) is 15.4. The third-order valence-corrected chi connectivity index (χ3v) is 3.04. The Bertz CT molecular complexity index is 583. The summed E-state index contributed by atoms with van der Waals surface area (Å²) in [6.45, 7) is 1.51. The van der Waals surface area contributed by atoms with Crippen LogP contribution in [0.1, 0.15) is 16.8 Å². The molecule has 3 nitrogen and oxygen atoms in total. The van der Waals surface area contributed by atoms with Crippen molar-refractivity contribution >= 4 is 16.9 Å². The van der Waals surface area contributed by atoms with Gasteiger partial charge >= 0.3 is 0 Å². The number of carbonyl (C=O) groups is 1. The molecule has 1 aromatic heterocycles. The van der Waals surface area contributed by atoms with Crippen LogP contribution in [0.2, 0.25) is 0 Å². The highest BCUT2D eigenvalue weighted by atomic mass is 16.3. The Labute approximate surface area is 99.3 Å². The van der Waals surface area contributed by atoms with Crippen LogP contribution in [0, 0.1) is 0 Å². The van der Waals surface area contributed by atoms with Gasteiger partial charge in [-0.15, -0.1) is 0 Å². The zero-order valence-electron chi connectivity index (χ0n) is 9.43. The zero-order valence-corrected chi connectivity index (χ0v) is 9.43. The molecule has 0 atom stereocenters. The van der Waals surface area contributed by atoms with E-state index in [1.165, 1.54) is 0 Å². The van der Waals surface area contributed by atoms with Gasteiger partial charge in [-0.3, -0.25) is 4.79 Å². The number of carbonyl (C=O) groups excluding carboxylic acids is 1. The van der Waals surface area contributed by atoms with Crippen molar-refractivity contribution < 1.29 is 9.21 Å². The molecule has 17 heavy (non-hydrogen) atoms. The third kappa shape index (κ3) is 1.84. The number of hydrogen-bond acceptors (Lipinski definition) is 2. The lowest BCUT2D eigenvalue weighted by Gasteiger charge is -2.23. The minimum absolute atomic E-state index is 0.0949. The second kappa shape index (κ2) is 4.09. The van der Waals surface area contributed by atoms with E-state index in [1.807, 2.05) is 35.2 Å². The number of nitrogens with zero attached hydrogens (tertiary/aromatic N) is 1. The molecule has 1 aliphatic heterocycles. The fourth-order valence-corrected chi connectivity index (χ4v) is 2.11. The van der Waals surface area contributed by atoms with E-state index < -0.39 is 0 Å². The maximum absolute atomic E-state index is 12.2. The van der Waals surface area contributed by atoms with Crippen LogP contribution in [-0.2, 0) is 0 Å². The highest BCUT2D eigenvalue weighted by Gasteiger charge is 2.16. The average Bonchev–Trinajstić information content (AvgIpc) is 2.86. The Kier molecular flexibility index (Phi) is 2.44. The molecule has 2 aromatic rings. The van der Waals surface area contributed by atoms with Gasteiger partial charge in [0.25, 0.3) is 5.91 Å². The number of amides is 1. The molecule has 1 aliphatic rings. The molecule has 0 bridgehead atoms. The highest BCUT2D eigenvalue weighted by Crippen LogP contribution is 2.18. The van der Waals surface area contributed by atoms with Gasteiger partial charge in [0.1, 0.15) is 5.58 Å². The van der Waals surface area contributed by atoms with Crippen molar-refractivity contribution in [3.05, 3.63) is 48.2 Å². The predicted octanol–water partition coefficient (Wildman–Crippen LogP) is 2.83. The first-order valence-electron chi connectivity index (χ1n) is 5.76. The van der Waals surface area contributed by atoms with E-state index in [2.05, 4.69) is 6.08 Å². The van der Waals surface area contributed by atoms with Crippen LogP contribution in [0.3, 0.4) is 0 Å². The Hall–Kier alpha value is -2.03. The van der Waals surface area contributed by atoms with Gasteiger partial charge in [-0.2, -0.15) is 0 Å². The van der Waals surface area contributed by atoms with E-state index in [0.717, 1.165) is 29.5 Å². The van der Waals surface area contributed by atoms with Crippen molar-refractivity contribution in [3.8, 4) is 0 Å². The van der Waals surface area contributed by atoms with E-state index in [-0.39, 0.29) is 5.91 Å². The monoisotopic (exact) mass is 227 g/mol. The summed E-state index contributed by atoms with van der Waals surface area (Å²) in [6, 6.07) is 7.44. The van der Waals surface area contributed by atoms with Crippen LogP contribution in [0.5, 0.6) is 0 Å². The van der Waals surface area contributed by atoms with Crippen molar-refractivity contribution in [2.75, 3.05) is 13.1 Å². The number of furan rings is 1. The molecule has 0 aliphatic carbocycles. The molecule has 0 spiro atoms. The standard InChI is InChI=1S/C14H13NO2/c16-14(15-7-2-1-3-8-15)12-4-5-13-11(10-12)6-9-17-13/h1-2,4-6,9-10H,3,7-8H2. The number of fused-ring (bicyclic) bond motifs is 1. The number of hydrogen-bond donors (Lipinski definition) is 0. The topological polar surface area (TPSA) is 33.5 Å². The van der Waals surface area contributed by atoms with E-state index in [1.54, 1.807) is 6.26 Å². The first-order chi connectivity index (χ1) is 8.34. The van der Waals surface area contributed by atoms with E-state index in [9.17, 15) is 4.79 Å². The van der Waals surface area contributed by atoms with E-state index in [0.29, 0.717) is 6.54 Å².